The van der Waals surface area contributed by atoms with Gasteiger partial charge in [0.15, 0.2) is 0 Å². The fraction of sp³-hybridized carbons (Fsp3) is 0.444. The van der Waals surface area contributed by atoms with Gasteiger partial charge in [-0.2, -0.15) is 0 Å². The first-order valence-electron chi connectivity index (χ1n) is 15.7. The van der Waals surface area contributed by atoms with Crippen molar-refractivity contribution in [3.8, 4) is 5.75 Å². The van der Waals surface area contributed by atoms with Crippen LogP contribution in [0.4, 0.5) is 5.69 Å². The molecule has 0 aromatic heterocycles. The highest BCUT2D eigenvalue weighted by Crippen LogP contribution is 2.44. The Bertz CT molecular complexity index is 1430. The van der Waals surface area contributed by atoms with Gasteiger partial charge in [0.05, 0.1) is 17.9 Å². The van der Waals surface area contributed by atoms with Crippen LogP contribution in [0.2, 0.25) is 5.02 Å². The van der Waals surface area contributed by atoms with E-state index in [-0.39, 0.29) is 23.8 Å². The van der Waals surface area contributed by atoms with Gasteiger partial charge in [0.25, 0.3) is 5.91 Å². The molecule has 2 bridgehead atoms. The zero-order valence-electron chi connectivity index (χ0n) is 24.5. The lowest BCUT2D eigenvalue weighted by Gasteiger charge is -2.29. The van der Waals surface area contributed by atoms with E-state index < -0.39 is 0 Å². The molecule has 0 spiro atoms. The standard InChI is InChI=1S/C36H42ClN3O2/c1-22-18-23-10-11-26(22)20-29(19-23)42-28-15-12-24(13-16-28)34(39)31-21-27(14-17-33(31)38)36(41)40-35(25-6-2-3-7-25)30-8-4-5-9-32(30)37/h4-5,8-9,12-17,21-23,25-26,29,35,39H,2-3,6-7,10-11,18-20,38H2,1H3,(H,40,41). The summed E-state index contributed by atoms with van der Waals surface area (Å²) in [6, 6.07) is 20.6. The van der Waals surface area contributed by atoms with Gasteiger partial charge in [0, 0.05) is 27.4 Å². The Labute approximate surface area is 254 Å². The summed E-state index contributed by atoms with van der Waals surface area (Å²) >= 11 is 6.57. The number of carbonyl (C=O) groups is 1. The summed E-state index contributed by atoms with van der Waals surface area (Å²) in [5.41, 5.74) is 9.81. The maximum Gasteiger partial charge on any atom is 0.251 e. The van der Waals surface area contributed by atoms with Crippen molar-refractivity contribution in [2.24, 2.45) is 23.7 Å². The van der Waals surface area contributed by atoms with E-state index in [0.717, 1.165) is 73.2 Å². The van der Waals surface area contributed by atoms with Crippen LogP contribution >= 0.6 is 11.6 Å². The maximum absolute atomic E-state index is 13.6. The molecule has 4 saturated carbocycles. The van der Waals surface area contributed by atoms with E-state index in [0.29, 0.717) is 27.8 Å². The van der Waals surface area contributed by atoms with Crippen molar-refractivity contribution in [1.29, 1.82) is 5.41 Å². The van der Waals surface area contributed by atoms with Crippen LogP contribution in [-0.2, 0) is 0 Å². The molecular weight excluding hydrogens is 542 g/mol. The molecule has 0 saturated heterocycles. The highest BCUT2D eigenvalue weighted by molar-refractivity contribution is 6.31. The van der Waals surface area contributed by atoms with E-state index in [2.05, 4.69) is 12.2 Å². The molecule has 4 fully saturated rings. The highest BCUT2D eigenvalue weighted by atomic mass is 35.5. The molecular formula is C36H42ClN3O2. The van der Waals surface area contributed by atoms with Crippen molar-refractivity contribution in [3.05, 3.63) is 94.0 Å². The van der Waals surface area contributed by atoms with E-state index >= 15 is 0 Å². The Morgan fingerprint density at radius 2 is 1.69 bits per heavy atom. The van der Waals surface area contributed by atoms with Crippen LogP contribution in [0.15, 0.2) is 66.7 Å². The Hall–Kier alpha value is -3.31. The third-order valence-electron chi connectivity index (χ3n) is 10.0. The minimum Gasteiger partial charge on any atom is -0.490 e. The summed E-state index contributed by atoms with van der Waals surface area (Å²) in [5.74, 6) is 3.36. The summed E-state index contributed by atoms with van der Waals surface area (Å²) in [6.07, 6.45) is 11.0. The first kappa shape index (κ1) is 28.8. The van der Waals surface area contributed by atoms with Crippen molar-refractivity contribution in [2.75, 3.05) is 5.73 Å². The summed E-state index contributed by atoms with van der Waals surface area (Å²) in [4.78, 5) is 13.6. The number of nitrogens with one attached hydrogen (secondary N) is 2. The molecule has 5 atom stereocenters. The zero-order chi connectivity index (χ0) is 29.2. The van der Waals surface area contributed by atoms with Crippen molar-refractivity contribution in [1.82, 2.24) is 5.32 Å². The quantitative estimate of drug-likeness (QED) is 0.183. The van der Waals surface area contributed by atoms with E-state index in [1.54, 1.807) is 18.2 Å². The third-order valence-corrected chi connectivity index (χ3v) is 10.4. The first-order chi connectivity index (χ1) is 20.4. The molecule has 3 aromatic carbocycles. The number of anilines is 1. The topological polar surface area (TPSA) is 88.2 Å². The van der Waals surface area contributed by atoms with Gasteiger partial charge in [0.1, 0.15) is 5.75 Å². The van der Waals surface area contributed by atoms with Gasteiger partial charge in [-0.1, -0.05) is 56.0 Å². The van der Waals surface area contributed by atoms with Crippen molar-refractivity contribution in [2.45, 2.75) is 76.9 Å². The van der Waals surface area contributed by atoms with E-state index in [4.69, 9.17) is 27.5 Å². The lowest BCUT2D eigenvalue weighted by atomic mass is 9.77. The molecule has 1 amide bonds. The number of hydrogen-bond acceptors (Lipinski definition) is 4. The van der Waals surface area contributed by atoms with Gasteiger partial charge in [-0.25, -0.2) is 0 Å². The SMILES string of the molecule is CC1CC2CCC1CC(Oc1ccc(C(=N)c3cc(C(=O)NC(c4ccccc4Cl)C4CCCC4)ccc3N)cc1)C2. The molecule has 3 aromatic rings. The first-order valence-corrected chi connectivity index (χ1v) is 16.0. The molecule has 4 aliphatic rings. The minimum atomic E-state index is -0.184. The van der Waals surface area contributed by atoms with Crippen LogP contribution in [0.1, 0.15) is 97.8 Å². The van der Waals surface area contributed by atoms with Gasteiger partial charge in [-0.05, 0) is 116 Å². The van der Waals surface area contributed by atoms with Gasteiger partial charge in [-0.3, -0.25) is 10.2 Å². The summed E-state index contributed by atoms with van der Waals surface area (Å²) < 4.78 is 6.45. The molecule has 5 nitrogen and oxygen atoms in total. The molecule has 5 unspecified atom stereocenters. The summed E-state index contributed by atoms with van der Waals surface area (Å²) in [6.45, 7) is 2.40. The average Bonchev–Trinajstić information content (AvgIpc) is 3.40. The maximum atomic E-state index is 13.6. The Balaban J connectivity index is 1.16. The zero-order valence-corrected chi connectivity index (χ0v) is 25.2. The predicted molar refractivity (Wildman–Crippen MR) is 170 cm³/mol. The Morgan fingerprint density at radius 3 is 2.43 bits per heavy atom. The van der Waals surface area contributed by atoms with E-state index in [1.165, 1.54) is 19.3 Å². The van der Waals surface area contributed by atoms with Crippen LogP contribution in [0.5, 0.6) is 5.75 Å². The number of hydrogen-bond donors (Lipinski definition) is 3. The predicted octanol–water partition coefficient (Wildman–Crippen LogP) is 8.59. The van der Waals surface area contributed by atoms with Gasteiger partial charge >= 0.3 is 0 Å². The molecule has 220 valence electrons. The number of nitrogen functional groups attached to an aromatic ring is 1. The van der Waals surface area contributed by atoms with Gasteiger partial charge < -0.3 is 15.8 Å². The Morgan fingerprint density at radius 1 is 0.952 bits per heavy atom. The number of halogens is 1. The number of benzene rings is 3. The summed E-state index contributed by atoms with van der Waals surface area (Å²) in [7, 11) is 0. The van der Waals surface area contributed by atoms with Crippen LogP contribution in [0.25, 0.3) is 0 Å². The third kappa shape index (κ3) is 6.22. The lowest BCUT2D eigenvalue weighted by molar-refractivity contribution is 0.0922. The number of nitrogens with two attached hydrogens (primary N) is 1. The summed E-state index contributed by atoms with van der Waals surface area (Å²) in [5, 5.41) is 12.9. The lowest BCUT2D eigenvalue weighted by Crippen LogP contribution is -2.33. The minimum absolute atomic E-state index is 0.159. The molecule has 0 heterocycles. The van der Waals surface area contributed by atoms with Crippen LogP contribution < -0.4 is 15.8 Å². The largest absolute Gasteiger partial charge is 0.490 e. The fourth-order valence-electron chi connectivity index (χ4n) is 7.69. The monoisotopic (exact) mass is 583 g/mol. The number of fused-ring (bicyclic) bond motifs is 4. The van der Waals surface area contributed by atoms with Crippen molar-refractivity contribution in [3.63, 3.8) is 0 Å². The van der Waals surface area contributed by atoms with Crippen LogP contribution in [0.3, 0.4) is 0 Å². The normalized spacial score (nSPS) is 24.6. The number of amides is 1. The smallest absolute Gasteiger partial charge is 0.251 e. The molecule has 0 aliphatic heterocycles. The number of carbonyl (C=O) groups excluding carboxylic acids is 1. The highest BCUT2D eigenvalue weighted by Gasteiger charge is 2.36. The van der Waals surface area contributed by atoms with E-state index in [9.17, 15) is 4.79 Å². The molecule has 7 rings (SSSR count). The van der Waals surface area contributed by atoms with Crippen molar-refractivity contribution < 1.29 is 9.53 Å². The molecule has 4 aliphatic carbocycles. The second-order valence-electron chi connectivity index (χ2n) is 12.8. The van der Waals surface area contributed by atoms with Gasteiger partial charge in [-0.15, -0.1) is 0 Å². The molecule has 4 N–H and O–H groups in total. The van der Waals surface area contributed by atoms with Crippen LogP contribution in [0, 0.1) is 29.1 Å². The average molecular weight is 584 g/mol. The fourth-order valence-corrected chi connectivity index (χ4v) is 7.94. The van der Waals surface area contributed by atoms with Crippen molar-refractivity contribution >= 4 is 28.9 Å². The molecule has 42 heavy (non-hydrogen) atoms. The molecule has 0 radical (unpaired) electrons. The Kier molecular flexibility index (Phi) is 8.57. The molecule has 6 heteroatoms. The second kappa shape index (κ2) is 12.5. The van der Waals surface area contributed by atoms with Gasteiger partial charge in [0.2, 0.25) is 0 Å². The van der Waals surface area contributed by atoms with E-state index in [1.807, 2.05) is 48.5 Å². The number of ether oxygens (including phenoxy) is 1. The second-order valence-corrected chi connectivity index (χ2v) is 13.3. The van der Waals surface area contributed by atoms with Crippen LogP contribution in [-0.4, -0.2) is 17.7 Å². The number of rotatable bonds is 8.